The number of aryl methyl sites for hydroxylation is 1. The molecule has 3 aromatic rings. The van der Waals surface area contributed by atoms with Crippen LogP contribution in [0.4, 0.5) is 0 Å². The van der Waals surface area contributed by atoms with Crippen molar-refractivity contribution >= 4 is 18.1 Å². The SMILES string of the molecule is Cc1c(B2OC(C)(C)C(C)(C)O2)cc2cnn(-c3ccccn3)c(=O)n12. The Morgan fingerprint density at radius 2 is 1.81 bits per heavy atom. The monoisotopic (exact) mass is 352 g/mol. The Labute approximate surface area is 151 Å². The molecule has 0 radical (unpaired) electrons. The minimum atomic E-state index is -0.525. The highest BCUT2D eigenvalue weighted by Crippen LogP contribution is 2.36. The van der Waals surface area contributed by atoms with Crippen molar-refractivity contribution in [1.29, 1.82) is 0 Å². The summed E-state index contributed by atoms with van der Waals surface area (Å²) in [6.45, 7) is 9.92. The van der Waals surface area contributed by atoms with Gasteiger partial charge in [-0.3, -0.25) is 4.40 Å². The summed E-state index contributed by atoms with van der Waals surface area (Å²) in [5.74, 6) is 0.477. The number of pyridine rings is 1. The van der Waals surface area contributed by atoms with Crippen LogP contribution in [0, 0.1) is 6.92 Å². The third-order valence-corrected chi connectivity index (χ3v) is 5.37. The van der Waals surface area contributed by atoms with Gasteiger partial charge in [-0.25, -0.2) is 9.78 Å². The smallest absolute Gasteiger partial charge is 0.399 e. The molecule has 0 aliphatic carbocycles. The summed E-state index contributed by atoms with van der Waals surface area (Å²) in [6, 6.07) is 7.26. The van der Waals surface area contributed by atoms with Crippen LogP contribution in [0.2, 0.25) is 0 Å². The van der Waals surface area contributed by atoms with Gasteiger partial charge < -0.3 is 9.31 Å². The summed E-state index contributed by atoms with van der Waals surface area (Å²) < 4.78 is 15.2. The van der Waals surface area contributed by atoms with E-state index in [2.05, 4.69) is 10.1 Å². The van der Waals surface area contributed by atoms with Crippen LogP contribution in [0.1, 0.15) is 33.4 Å². The van der Waals surface area contributed by atoms with Gasteiger partial charge >= 0.3 is 12.8 Å². The third-order valence-electron chi connectivity index (χ3n) is 5.37. The van der Waals surface area contributed by atoms with Gasteiger partial charge in [0.2, 0.25) is 0 Å². The highest BCUT2D eigenvalue weighted by molar-refractivity contribution is 6.62. The second-order valence-electron chi connectivity index (χ2n) is 7.56. The predicted molar refractivity (Wildman–Crippen MR) is 99.0 cm³/mol. The summed E-state index contributed by atoms with van der Waals surface area (Å²) in [6.07, 6.45) is 3.28. The maximum atomic E-state index is 13.0. The number of aromatic nitrogens is 4. The van der Waals surface area contributed by atoms with Crippen LogP contribution in [0.15, 0.2) is 41.5 Å². The van der Waals surface area contributed by atoms with Gasteiger partial charge in [-0.15, -0.1) is 0 Å². The van der Waals surface area contributed by atoms with Gasteiger partial charge in [-0.05, 0) is 52.8 Å². The zero-order valence-electron chi connectivity index (χ0n) is 15.6. The molecule has 0 saturated carbocycles. The van der Waals surface area contributed by atoms with E-state index in [4.69, 9.17) is 9.31 Å². The van der Waals surface area contributed by atoms with Crippen molar-refractivity contribution in [3.8, 4) is 5.82 Å². The summed E-state index contributed by atoms with van der Waals surface area (Å²) in [7, 11) is -0.525. The molecule has 3 aromatic heterocycles. The van der Waals surface area contributed by atoms with E-state index >= 15 is 0 Å². The van der Waals surface area contributed by atoms with Crippen LogP contribution < -0.4 is 11.2 Å². The molecular formula is C18H21BN4O3. The lowest BCUT2D eigenvalue weighted by molar-refractivity contribution is 0.00578. The first-order valence-electron chi connectivity index (χ1n) is 8.59. The average Bonchev–Trinajstić information content (AvgIpc) is 3.02. The fourth-order valence-electron chi connectivity index (χ4n) is 3.11. The zero-order chi connectivity index (χ0) is 18.7. The molecule has 0 amide bonds. The number of hydrogen-bond donors (Lipinski definition) is 0. The molecule has 7 nitrogen and oxygen atoms in total. The quantitative estimate of drug-likeness (QED) is 0.654. The summed E-state index contributed by atoms with van der Waals surface area (Å²) in [5.41, 5.74) is 1.15. The normalized spacial score (nSPS) is 18.6. The molecule has 1 saturated heterocycles. The Hall–Kier alpha value is -2.45. The van der Waals surface area contributed by atoms with Gasteiger partial charge in [-0.2, -0.15) is 9.78 Å². The molecule has 4 heterocycles. The molecule has 1 aliphatic heterocycles. The Morgan fingerprint density at radius 1 is 1.12 bits per heavy atom. The molecule has 0 bridgehead atoms. The van der Waals surface area contributed by atoms with Gasteiger partial charge in [0.05, 0.1) is 22.9 Å². The van der Waals surface area contributed by atoms with Crippen LogP contribution in [0.5, 0.6) is 0 Å². The van der Waals surface area contributed by atoms with E-state index in [1.807, 2.05) is 46.8 Å². The fraction of sp³-hybridized carbons (Fsp3) is 0.389. The topological polar surface area (TPSA) is 70.7 Å². The molecular weight excluding hydrogens is 331 g/mol. The predicted octanol–water partition coefficient (Wildman–Crippen LogP) is 1.49. The molecule has 0 aromatic carbocycles. The molecule has 134 valence electrons. The van der Waals surface area contributed by atoms with Crippen LogP contribution >= 0.6 is 0 Å². The molecule has 8 heteroatoms. The maximum absolute atomic E-state index is 13.0. The van der Waals surface area contributed by atoms with Crippen molar-refractivity contribution in [3.05, 3.63) is 52.8 Å². The van der Waals surface area contributed by atoms with Crippen LogP contribution in [-0.4, -0.2) is 37.5 Å². The van der Waals surface area contributed by atoms with E-state index in [1.165, 1.54) is 4.68 Å². The van der Waals surface area contributed by atoms with Gasteiger partial charge in [0.25, 0.3) is 0 Å². The van der Waals surface area contributed by atoms with Crippen molar-refractivity contribution in [2.45, 2.75) is 45.8 Å². The Morgan fingerprint density at radius 3 is 2.42 bits per heavy atom. The van der Waals surface area contributed by atoms with E-state index in [-0.39, 0.29) is 5.69 Å². The van der Waals surface area contributed by atoms with E-state index in [9.17, 15) is 4.79 Å². The van der Waals surface area contributed by atoms with Crippen LogP contribution in [-0.2, 0) is 9.31 Å². The second-order valence-corrected chi connectivity index (χ2v) is 7.56. The molecule has 0 atom stereocenters. The Bertz CT molecular complexity index is 1020. The van der Waals surface area contributed by atoms with Crippen LogP contribution in [0.25, 0.3) is 11.3 Å². The Balaban J connectivity index is 1.84. The molecule has 1 aliphatic rings. The largest absolute Gasteiger partial charge is 0.496 e. The minimum absolute atomic E-state index is 0.276. The van der Waals surface area contributed by atoms with Crippen LogP contribution in [0.3, 0.4) is 0 Å². The number of fused-ring (bicyclic) bond motifs is 1. The first kappa shape index (κ1) is 17.0. The second kappa shape index (κ2) is 5.52. The summed E-state index contributed by atoms with van der Waals surface area (Å²) >= 11 is 0. The molecule has 26 heavy (non-hydrogen) atoms. The maximum Gasteiger partial charge on any atom is 0.496 e. The van der Waals surface area contributed by atoms with Crippen molar-refractivity contribution in [1.82, 2.24) is 19.2 Å². The lowest BCUT2D eigenvalue weighted by Gasteiger charge is -2.32. The molecule has 0 spiro atoms. The van der Waals surface area contributed by atoms with E-state index in [0.717, 1.165) is 11.2 Å². The number of nitrogens with zero attached hydrogens (tertiary/aromatic N) is 4. The third kappa shape index (κ3) is 2.40. The molecule has 1 fully saturated rings. The molecule has 4 rings (SSSR count). The zero-order valence-corrected chi connectivity index (χ0v) is 15.6. The lowest BCUT2D eigenvalue weighted by Crippen LogP contribution is -2.41. The summed E-state index contributed by atoms with van der Waals surface area (Å²) in [4.78, 5) is 17.2. The first-order valence-corrected chi connectivity index (χ1v) is 8.59. The molecule has 0 N–H and O–H groups in total. The highest BCUT2D eigenvalue weighted by Gasteiger charge is 2.52. The Kier molecular flexibility index (Phi) is 3.61. The van der Waals surface area contributed by atoms with Crippen molar-refractivity contribution < 1.29 is 9.31 Å². The summed E-state index contributed by atoms with van der Waals surface area (Å²) in [5, 5.41) is 4.25. The van der Waals surface area contributed by atoms with E-state index in [1.54, 1.807) is 28.9 Å². The first-order chi connectivity index (χ1) is 12.2. The van der Waals surface area contributed by atoms with Gasteiger partial charge in [0, 0.05) is 17.4 Å². The molecule has 0 unspecified atom stereocenters. The van der Waals surface area contributed by atoms with E-state index in [0.29, 0.717) is 11.3 Å². The van der Waals surface area contributed by atoms with E-state index < -0.39 is 18.3 Å². The average molecular weight is 352 g/mol. The number of hydrogen-bond acceptors (Lipinski definition) is 5. The van der Waals surface area contributed by atoms with Gasteiger partial charge in [0.15, 0.2) is 5.82 Å². The van der Waals surface area contributed by atoms with Crippen molar-refractivity contribution in [2.75, 3.05) is 0 Å². The standard InChI is InChI=1S/C18H21BN4O3/c1-12-14(19-25-17(2,3)18(4,5)26-19)10-13-11-21-23(16(24)22(12)13)15-8-6-7-9-20-15/h6-11H,1-5H3. The number of rotatable bonds is 2. The van der Waals surface area contributed by atoms with Crippen molar-refractivity contribution in [3.63, 3.8) is 0 Å². The lowest BCUT2D eigenvalue weighted by atomic mass is 9.79. The fourth-order valence-corrected chi connectivity index (χ4v) is 3.11. The van der Waals surface area contributed by atoms with Gasteiger partial charge in [0.1, 0.15) is 0 Å². The highest BCUT2D eigenvalue weighted by atomic mass is 16.7. The minimum Gasteiger partial charge on any atom is -0.399 e. The van der Waals surface area contributed by atoms with Crippen molar-refractivity contribution in [2.24, 2.45) is 0 Å². The van der Waals surface area contributed by atoms with Gasteiger partial charge in [-0.1, -0.05) is 6.07 Å².